The molecule has 200 valence electrons. The maximum atomic E-state index is 13.9. The van der Waals surface area contributed by atoms with Crippen LogP contribution in [-0.4, -0.2) is 58.2 Å². The van der Waals surface area contributed by atoms with E-state index in [0.717, 1.165) is 6.42 Å². The Morgan fingerprint density at radius 3 is 2.17 bits per heavy atom. The number of terminal acetylenes is 1. The van der Waals surface area contributed by atoms with E-state index in [1.807, 2.05) is 20.8 Å². The zero-order chi connectivity index (χ0) is 27.6. The van der Waals surface area contributed by atoms with Crippen molar-refractivity contribution < 1.29 is 24.2 Å². The maximum absolute atomic E-state index is 13.9. The summed E-state index contributed by atoms with van der Waals surface area (Å²) in [5.41, 5.74) is 0.191. The molecular formula is C28H43N3O5. The second kappa shape index (κ2) is 13.9. The molecule has 3 unspecified atom stereocenters. The van der Waals surface area contributed by atoms with Crippen molar-refractivity contribution in [3.8, 4) is 12.3 Å². The van der Waals surface area contributed by atoms with Crippen LogP contribution < -0.4 is 10.6 Å². The lowest BCUT2D eigenvalue weighted by Crippen LogP contribution is -2.57. The van der Waals surface area contributed by atoms with E-state index in [9.17, 15) is 19.5 Å². The average molecular weight is 502 g/mol. The smallest absolute Gasteiger partial charge is 0.408 e. The molecule has 3 atom stereocenters. The number of nitrogens with zero attached hydrogens (tertiary/aromatic N) is 1. The topological polar surface area (TPSA) is 108 Å². The van der Waals surface area contributed by atoms with Crippen LogP contribution in [0.2, 0.25) is 0 Å². The van der Waals surface area contributed by atoms with Gasteiger partial charge in [-0.15, -0.1) is 6.42 Å². The lowest BCUT2D eigenvalue weighted by molar-refractivity contribution is -0.146. The van der Waals surface area contributed by atoms with Crippen molar-refractivity contribution in [3.05, 3.63) is 35.4 Å². The molecule has 0 saturated carbocycles. The van der Waals surface area contributed by atoms with E-state index in [0.29, 0.717) is 23.5 Å². The molecule has 0 fully saturated rings. The molecule has 0 radical (unpaired) electrons. The average Bonchev–Trinajstić information content (AvgIpc) is 2.77. The third kappa shape index (κ3) is 9.54. The van der Waals surface area contributed by atoms with Gasteiger partial charge in [-0.1, -0.05) is 38.0 Å². The molecule has 0 spiro atoms. The van der Waals surface area contributed by atoms with Crippen LogP contribution in [-0.2, 0) is 14.3 Å². The largest absolute Gasteiger partial charge is 0.444 e. The third-order valence-corrected chi connectivity index (χ3v) is 5.43. The SMILES string of the molecule is C#Cc1ccccc1C(C(=O)NC(C)C)N(C(=O)C(CO)NC(=O)OC(C)(C)C)C(C)CCC(C)C. The van der Waals surface area contributed by atoms with E-state index in [-0.39, 0.29) is 6.04 Å². The number of benzene rings is 1. The fourth-order valence-electron chi connectivity index (χ4n) is 3.78. The van der Waals surface area contributed by atoms with Crippen LogP contribution in [0.15, 0.2) is 24.3 Å². The van der Waals surface area contributed by atoms with Gasteiger partial charge in [-0.05, 0) is 71.9 Å². The molecule has 0 bridgehead atoms. The number of nitrogens with one attached hydrogen (secondary N) is 2. The molecule has 3 amide bonds. The maximum Gasteiger partial charge on any atom is 0.408 e. The summed E-state index contributed by atoms with van der Waals surface area (Å²) in [5, 5.41) is 15.4. The van der Waals surface area contributed by atoms with Gasteiger partial charge in [-0.2, -0.15) is 0 Å². The summed E-state index contributed by atoms with van der Waals surface area (Å²) < 4.78 is 5.28. The van der Waals surface area contributed by atoms with Crippen LogP contribution in [0.1, 0.15) is 85.4 Å². The lowest BCUT2D eigenvalue weighted by atomic mass is 9.94. The molecule has 0 heterocycles. The number of hydrogen-bond acceptors (Lipinski definition) is 5. The van der Waals surface area contributed by atoms with Crippen LogP contribution in [0, 0.1) is 18.3 Å². The summed E-state index contributed by atoms with van der Waals surface area (Å²) in [5.74, 6) is 1.99. The molecule has 36 heavy (non-hydrogen) atoms. The highest BCUT2D eigenvalue weighted by Gasteiger charge is 2.39. The summed E-state index contributed by atoms with van der Waals surface area (Å²) in [6.07, 6.45) is 6.33. The molecule has 0 aromatic heterocycles. The molecule has 3 N–H and O–H groups in total. The Labute approximate surface area is 216 Å². The van der Waals surface area contributed by atoms with E-state index in [1.54, 1.807) is 45.0 Å². The quantitative estimate of drug-likeness (QED) is 0.400. The molecule has 1 aromatic carbocycles. The van der Waals surface area contributed by atoms with Gasteiger partial charge in [0.15, 0.2) is 0 Å². The first-order chi connectivity index (χ1) is 16.7. The highest BCUT2D eigenvalue weighted by molar-refractivity contribution is 5.93. The van der Waals surface area contributed by atoms with Crippen molar-refractivity contribution in [1.29, 1.82) is 0 Å². The molecule has 0 aliphatic heterocycles. The number of alkyl carbamates (subject to hydrolysis) is 1. The molecule has 0 saturated heterocycles. The van der Waals surface area contributed by atoms with E-state index in [4.69, 9.17) is 11.2 Å². The first-order valence-electron chi connectivity index (χ1n) is 12.5. The van der Waals surface area contributed by atoms with Crippen LogP contribution in [0.25, 0.3) is 0 Å². The normalized spacial score (nSPS) is 13.9. The molecule has 8 nitrogen and oxygen atoms in total. The Morgan fingerprint density at radius 2 is 1.67 bits per heavy atom. The van der Waals surface area contributed by atoms with Crippen molar-refractivity contribution in [2.75, 3.05) is 6.61 Å². The third-order valence-electron chi connectivity index (χ3n) is 5.43. The predicted molar refractivity (Wildman–Crippen MR) is 141 cm³/mol. The van der Waals surface area contributed by atoms with E-state index in [1.165, 1.54) is 4.90 Å². The monoisotopic (exact) mass is 501 g/mol. The highest BCUT2D eigenvalue weighted by Crippen LogP contribution is 2.29. The molecule has 1 aromatic rings. The van der Waals surface area contributed by atoms with Gasteiger partial charge < -0.3 is 25.4 Å². The second-order valence-corrected chi connectivity index (χ2v) is 10.7. The molecule has 8 heteroatoms. The number of ether oxygens (including phenoxy) is 1. The fraction of sp³-hybridized carbons (Fsp3) is 0.607. The summed E-state index contributed by atoms with van der Waals surface area (Å²) in [7, 11) is 0. The van der Waals surface area contributed by atoms with Gasteiger partial charge in [0, 0.05) is 17.6 Å². The zero-order valence-corrected chi connectivity index (χ0v) is 22.9. The molecule has 0 aliphatic carbocycles. The van der Waals surface area contributed by atoms with Crippen LogP contribution in [0.3, 0.4) is 0 Å². The molecule has 0 aliphatic rings. The van der Waals surface area contributed by atoms with Crippen molar-refractivity contribution in [2.45, 2.75) is 98.0 Å². The van der Waals surface area contributed by atoms with Crippen molar-refractivity contribution in [2.24, 2.45) is 5.92 Å². The Kier molecular flexibility index (Phi) is 11.9. The summed E-state index contributed by atoms with van der Waals surface area (Å²) in [6, 6.07) is 4.01. The number of rotatable bonds is 11. The highest BCUT2D eigenvalue weighted by atomic mass is 16.6. The first-order valence-corrected chi connectivity index (χ1v) is 12.5. The van der Waals surface area contributed by atoms with E-state index >= 15 is 0 Å². The Hall–Kier alpha value is -3.05. The zero-order valence-electron chi connectivity index (χ0n) is 22.9. The Morgan fingerprint density at radius 1 is 1.06 bits per heavy atom. The van der Waals surface area contributed by atoms with Gasteiger partial charge in [-0.25, -0.2) is 4.79 Å². The van der Waals surface area contributed by atoms with Gasteiger partial charge >= 0.3 is 6.09 Å². The number of carbonyl (C=O) groups excluding carboxylic acids is 3. The van der Waals surface area contributed by atoms with Crippen molar-refractivity contribution >= 4 is 17.9 Å². The number of aliphatic hydroxyl groups excluding tert-OH is 1. The van der Waals surface area contributed by atoms with Crippen molar-refractivity contribution in [3.63, 3.8) is 0 Å². The standard InChI is InChI=1S/C28H43N3O5/c1-10-21-13-11-12-14-22(21)24(25(33)29-19(4)5)31(20(6)16-15-18(2)3)26(34)23(17-32)30-27(35)36-28(7,8)9/h1,11-14,18-20,23-24,32H,15-17H2,2-9H3,(H,29,33)(H,30,35). The van der Waals surface area contributed by atoms with E-state index in [2.05, 4.69) is 30.4 Å². The fourth-order valence-corrected chi connectivity index (χ4v) is 3.78. The van der Waals surface area contributed by atoms with Crippen LogP contribution >= 0.6 is 0 Å². The number of carbonyl (C=O) groups is 3. The minimum Gasteiger partial charge on any atom is -0.444 e. The second-order valence-electron chi connectivity index (χ2n) is 10.7. The van der Waals surface area contributed by atoms with Crippen LogP contribution in [0.4, 0.5) is 4.79 Å². The number of hydrogen-bond donors (Lipinski definition) is 3. The van der Waals surface area contributed by atoms with Crippen molar-refractivity contribution in [1.82, 2.24) is 15.5 Å². The minimum absolute atomic E-state index is 0.186. The van der Waals surface area contributed by atoms with Gasteiger partial charge in [0.2, 0.25) is 11.8 Å². The first kappa shape index (κ1) is 31.0. The van der Waals surface area contributed by atoms with E-state index < -0.39 is 48.2 Å². The molecular weight excluding hydrogens is 458 g/mol. The summed E-state index contributed by atoms with van der Waals surface area (Å²) in [4.78, 5) is 41.4. The lowest BCUT2D eigenvalue weighted by Gasteiger charge is -2.39. The number of aliphatic hydroxyl groups is 1. The van der Waals surface area contributed by atoms with Gasteiger partial charge in [0.05, 0.1) is 6.61 Å². The Bertz CT molecular complexity index is 930. The Balaban J connectivity index is 3.60. The van der Waals surface area contributed by atoms with Gasteiger partial charge in [-0.3, -0.25) is 9.59 Å². The minimum atomic E-state index is -1.31. The predicted octanol–water partition coefficient (Wildman–Crippen LogP) is 3.77. The van der Waals surface area contributed by atoms with Gasteiger partial charge in [0.25, 0.3) is 0 Å². The van der Waals surface area contributed by atoms with Gasteiger partial charge in [0.1, 0.15) is 17.7 Å². The van der Waals surface area contributed by atoms with Crippen LogP contribution in [0.5, 0.6) is 0 Å². The number of amides is 3. The molecule has 1 rings (SSSR count). The summed E-state index contributed by atoms with van der Waals surface area (Å²) >= 11 is 0. The summed E-state index contributed by atoms with van der Waals surface area (Å²) in [6.45, 7) is 14.1.